The van der Waals surface area contributed by atoms with Crippen LogP contribution in [0, 0.1) is 6.92 Å². The molecule has 7 heteroatoms. The van der Waals surface area contributed by atoms with Gasteiger partial charge in [0.25, 0.3) is 0 Å². The van der Waals surface area contributed by atoms with Crippen molar-refractivity contribution in [3.05, 3.63) is 35.4 Å². The third kappa shape index (κ3) is 10.2. The van der Waals surface area contributed by atoms with Gasteiger partial charge in [0.05, 0.1) is 0 Å². The summed E-state index contributed by atoms with van der Waals surface area (Å²) in [6, 6.07) is 6.80. The van der Waals surface area contributed by atoms with E-state index < -0.39 is 17.7 Å². The number of nitrogens with one attached hydrogen (secondary N) is 2. The zero-order valence-corrected chi connectivity index (χ0v) is 20.8. The Hall–Kier alpha value is -2.57. The second-order valence-electron chi connectivity index (χ2n) is 9.48. The van der Waals surface area contributed by atoms with Crippen LogP contribution in [0.3, 0.4) is 0 Å². The minimum atomic E-state index is -0.771. The summed E-state index contributed by atoms with van der Waals surface area (Å²) >= 11 is 0. The van der Waals surface area contributed by atoms with Crippen molar-refractivity contribution < 1.29 is 19.1 Å². The largest absolute Gasteiger partial charge is 0.444 e. The van der Waals surface area contributed by atoms with Crippen LogP contribution in [0.2, 0.25) is 0 Å². The van der Waals surface area contributed by atoms with E-state index in [0.717, 1.165) is 36.8 Å². The van der Waals surface area contributed by atoms with Gasteiger partial charge in [0.15, 0.2) is 0 Å². The molecule has 1 aromatic rings. The van der Waals surface area contributed by atoms with E-state index in [1.807, 2.05) is 45.0 Å². The van der Waals surface area contributed by atoms with Crippen molar-refractivity contribution in [3.8, 4) is 0 Å². The second kappa shape index (κ2) is 13.1. The number of amides is 3. The molecule has 0 spiro atoms. The number of aryl methyl sites for hydroxylation is 1. The van der Waals surface area contributed by atoms with E-state index in [1.165, 1.54) is 0 Å². The van der Waals surface area contributed by atoms with Crippen molar-refractivity contribution in [1.29, 1.82) is 0 Å². The maximum atomic E-state index is 13.2. The molecule has 0 aliphatic rings. The molecule has 3 amide bonds. The fourth-order valence-corrected chi connectivity index (χ4v) is 3.26. The van der Waals surface area contributed by atoms with Gasteiger partial charge in [-0.1, -0.05) is 56.0 Å². The maximum Gasteiger partial charge on any atom is 0.408 e. The number of nitrogens with zero attached hydrogens (tertiary/aromatic N) is 1. The highest BCUT2D eigenvalue weighted by Crippen LogP contribution is 2.23. The van der Waals surface area contributed by atoms with E-state index in [0.29, 0.717) is 6.54 Å². The molecule has 0 saturated heterocycles. The quantitative estimate of drug-likeness (QED) is 0.489. The van der Waals surface area contributed by atoms with Crippen LogP contribution < -0.4 is 10.6 Å². The number of alkyl carbamates (subject to hydrolysis) is 1. The van der Waals surface area contributed by atoms with E-state index in [2.05, 4.69) is 17.6 Å². The highest BCUT2D eigenvalue weighted by Gasteiger charge is 2.31. The number of ether oxygens (including phenoxy) is 1. The van der Waals surface area contributed by atoms with Gasteiger partial charge < -0.3 is 20.3 Å². The number of benzene rings is 1. The molecule has 1 atom stereocenters. The highest BCUT2D eigenvalue weighted by atomic mass is 16.6. The van der Waals surface area contributed by atoms with Gasteiger partial charge in [-0.2, -0.15) is 0 Å². The number of unbranched alkanes of at least 4 members (excludes halogenated alkanes) is 3. The molecule has 180 valence electrons. The van der Waals surface area contributed by atoms with Crippen LogP contribution in [-0.4, -0.2) is 47.5 Å². The highest BCUT2D eigenvalue weighted by molar-refractivity contribution is 5.90. The van der Waals surface area contributed by atoms with Gasteiger partial charge in [0.1, 0.15) is 18.2 Å². The Labute approximate surface area is 193 Å². The van der Waals surface area contributed by atoms with E-state index in [1.54, 1.807) is 25.7 Å². The smallest absolute Gasteiger partial charge is 0.408 e. The molecule has 1 rings (SSSR count). The molecule has 1 unspecified atom stereocenters. The fourth-order valence-electron chi connectivity index (χ4n) is 3.26. The maximum absolute atomic E-state index is 13.2. The lowest BCUT2D eigenvalue weighted by Crippen LogP contribution is -2.49. The van der Waals surface area contributed by atoms with E-state index in [4.69, 9.17) is 4.74 Å². The van der Waals surface area contributed by atoms with Crippen LogP contribution in [0.25, 0.3) is 0 Å². The predicted octanol–water partition coefficient (Wildman–Crippen LogP) is 4.49. The van der Waals surface area contributed by atoms with Gasteiger partial charge in [-0.25, -0.2) is 4.79 Å². The van der Waals surface area contributed by atoms with Gasteiger partial charge in [0.2, 0.25) is 11.8 Å². The number of hydrogen-bond acceptors (Lipinski definition) is 4. The normalized spacial score (nSPS) is 12.2. The van der Waals surface area contributed by atoms with Gasteiger partial charge in [-0.05, 0) is 53.5 Å². The molecule has 2 N–H and O–H groups in total. The van der Waals surface area contributed by atoms with Crippen LogP contribution in [-0.2, 0) is 14.3 Å². The molecule has 0 aliphatic heterocycles. The van der Waals surface area contributed by atoms with E-state index in [9.17, 15) is 14.4 Å². The lowest BCUT2D eigenvalue weighted by atomic mass is 10.0. The third-order valence-electron chi connectivity index (χ3n) is 4.74. The number of carbonyl (C=O) groups is 3. The molecule has 0 heterocycles. The van der Waals surface area contributed by atoms with Crippen LogP contribution in [0.4, 0.5) is 4.79 Å². The molecular formula is C25H41N3O4. The van der Waals surface area contributed by atoms with Crippen LogP contribution >= 0.6 is 0 Å². The fraction of sp³-hybridized carbons (Fsp3) is 0.640. The van der Waals surface area contributed by atoms with Gasteiger partial charge >= 0.3 is 6.09 Å². The average molecular weight is 448 g/mol. The number of rotatable bonds is 11. The first-order valence-corrected chi connectivity index (χ1v) is 11.6. The first kappa shape index (κ1) is 27.5. The number of hydrogen-bond donors (Lipinski definition) is 2. The van der Waals surface area contributed by atoms with Crippen molar-refractivity contribution in [2.45, 2.75) is 91.8 Å². The SMILES string of the molecule is CCCCCCN(C(=O)CNC(=O)OC(C)(C)C)C(C(=O)NC(C)C)c1ccc(C)cc1. The summed E-state index contributed by atoms with van der Waals surface area (Å²) < 4.78 is 5.24. The first-order valence-electron chi connectivity index (χ1n) is 11.6. The number of carbonyl (C=O) groups excluding carboxylic acids is 3. The summed E-state index contributed by atoms with van der Waals surface area (Å²) in [6.45, 7) is 13.4. The van der Waals surface area contributed by atoms with Crippen molar-refractivity contribution in [3.63, 3.8) is 0 Å². The minimum Gasteiger partial charge on any atom is -0.444 e. The van der Waals surface area contributed by atoms with Crippen LogP contribution in [0.15, 0.2) is 24.3 Å². The summed E-state index contributed by atoms with van der Waals surface area (Å²) in [4.78, 5) is 40.0. The second-order valence-corrected chi connectivity index (χ2v) is 9.48. The summed E-state index contributed by atoms with van der Waals surface area (Å²) in [5.74, 6) is -0.554. The zero-order chi connectivity index (χ0) is 24.3. The molecule has 0 fully saturated rings. The lowest BCUT2D eigenvalue weighted by molar-refractivity contribution is -0.140. The van der Waals surface area contributed by atoms with Crippen molar-refractivity contribution in [2.75, 3.05) is 13.1 Å². The van der Waals surface area contributed by atoms with Crippen molar-refractivity contribution >= 4 is 17.9 Å². The van der Waals surface area contributed by atoms with Crippen molar-refractivity contribution in [2.24, 2.45) is 0 Å². The Balaban J connectivity index is 3.14. The topological polar surface area (TPSA) is 87.7 Å². The van der Waals surface area contributed by atoms with Crippen LogP contribution in [0.1, 0.15) is 84.4 Å². The summed E-state index contributed by atoms with van der Waals surface area (Å²) in [6.07, 6.45) is 3.22. The molecule has 0 aromatic heterocycles. The minimum absolute atomic E-state index is 0.0626. The molecule has 7 nitrogen and oxygen atoms in total. The molecule has 0 aliphatic carbocycles. The Kier molecular flexibility index (Phi) is 11.2. The monoisotopic (exact) mass is 447 g/mol. The van der Waals surface area contributed by atoms with Crippen molar-refractivity contribution in [1.82, 2.24) is 15.5 Å². The Bertz CT molecular complexity index is 739. The van der Waals surface area contributed by atoms with Gasteiger partial charge in [-0.3, -0.25) is 9.59 Å². The van der Waals surface area contributed by atoms with Crippen LogP contribution in [0.5, 0.6) is 0 Å². The Morgan fingerprint density at radius 2 is 1.66 bits per heavy atom. The zero-order valence-electron chi connectivity index (χ0n) is 20.8. The summed E-state index contributed by atoms with van der Waals surface area (Å²) in [5, 5.41) is 5.48. The average Bonchev–Trinajstić information content (AvgIpc) is 2.67. The standard InChI is InChI=1S/C25H41N3O4/c1-8-9-10-11-16-28(21(29)17-26-24(31)32-25(5,6)7)22(23(30)27-18(2)3)20-14-12-19(4)13-15-20/h12-15,18,22H,8-11,16-17H2,1-7H3,(H,26,31)(H,27,30). The Morgan fingerprint density at radius 3 is 2.19 bits per heavy atom. The summed E-state index contributed by atoms with van der Waals surface area (Å²) in [5.41, 5.74) is 1.16. The molecule has 0 saturated carbocycles. The molecule has 0 bridgehead atoms. The first-order chi connectivity index (χ1) is 14.9. The molecule has 0 radical (unpaired) electrons. The lowest BCUT2D eigenvalue weighted by Gasteiger charge is -2.32. The molecule has 1 aromatic carbocycles. The molecular weight excluding hydrogens is 406 g/mol. The summed E-state index contributed by atoms with van der Waals surface area (Å²) in [7, 11) is 0. The third-order valence-corrected chi connectivity index (χ3v) is 4.74. The van der Waals surface area contributed by atoms with E-state index >= 15 is 0 Å². The predicted molar refractivity (Wildman–Crippen MR) is 127 cm³/mol. The van der Waals surface area contributed by atoms with Gasteiger partial charge in [-0.15, -0.1) is 0 Å². The van der Waals surface area contributed by atoms with Gasteiger partial charge in [0, 0.05) is 12.6 Å². The molecule has 32 heavy (non-hydrogen) atoms. The van der Waals surface area contributed by atoms with E-state index in [-0.39, 0.29) is 24.4 Å². The Morgan fingerprint density at radius 1 is 1.03 bits per heavy atom.